The van der Waals surface area contributed by atoms with Gasteiger partial charge >= 0.3 is 0 Å². The van der Waals surface area contributed by atoms with Gasteiger partial charge in [-0.05, 0) is 30.3 Å². The number of benzene rings is 2. The van der Waals surface area contributed by atoms with E-state index in [4.69, 9.17) is 21.6 Å². The number of aromatic nitrogens is 3. The maximum atomic E-state index is 13.6. The van der Waals surface area contributed by atoms with E-state index in [1.165, 1.54) is 18.3 Å². The van der Waals surface area contributed by atoms with Crippen LogP contribution in [0.4, 0.5) is 13.2 Å². The van der Waals surface area contributed by atoms with Crippen molar-refractivity contribution < 1.29 is 33.2 Å². The van der Waals surface area contributed by atoms with E-state index >= 15 is 0 Å². The second-order valence-corrected chi connectivity index (χ2v) is 9.05. The lowest BCUT2D eigenvalue weighted by Crippen LogP contribution is -2.55. The molecule has 0 bridgehead atoms. The third kappa shape index (κ3) is 4.76. The first-order chi connectivity index (χ1) is 16.2. The summed E-state index contributed by atoms with van der Waals surface area (Å²) in [5.74, 6) is -4.45. The average Bonchev–Trinajstić information content (AvgIpc) is 3.28. The molecule has 0 amide bonds. The molecule has 3 aromatic rings. The lowest BCUT2D eigenvalue weighted by molar-refractivity contribution is -0.178. The van der Waals surface area contributed by atoms with Crippen molar-refractivity contribution in [3.63, 3.8) is 0 Å². The molecule has 1 aromatic heterocycles. The van der Waals surface area contributed by atoms with Gasteiger partial charge < -0.3 is 20.1 Å². The molecule has 3 N–H and O–H groups in total. The number of rotatable bonds is 5. The van der Waals surface area contributed by atoms with Crippen LogP contribution in [0, 0.1) is 28.8 Å². The van der Waals surface area contributed by atoms with Crippen molar-refractivity contribution in [1.29, 1.82) is 5.26 Å². The van der Waals surface area contributed by atoms with Crippen molar-refractivity contribution in [2.75, 3.05) is 6.61 Å². The van der Waals surface area contributed by atoms with Gasteiger partial charge in [-0.3, -0.25) is 0 Å². The molecule has 0 radical (unpaired) electrons. The molecule has 5 unspecified atom stereocenters. The van der Waals surface area contributed by atoms with Gasteiger partial charge in [0.1, 0.15) is 35.5 Å². The van der Waals surface area contributed by atoms with E-state index in [9.17, 15) is 28.5 Å². The Morgan fingerprint density at radius 2 is 1.82 bits per heavy atom. The van der Waals surface area contributed by atoms with E-state index in [1.54, 1.807) is 6.07 Å². The molecule has 8 nitrogen and oxygen atoms in total. The number of ether oxygens (including phenoxy) is 1. The molecule has 34 heavy (non-hydrogen) atoms. The number of aliphatic hydroxyl groups excluding tert-OH is 3. The number of hydrogen-bond donors (Lipinski definition) is 3. The summed E-state index contributed by atoms with van der Waals surface area (Å²) in [6, 6.07) is 6.83. The fourth-order valence-corrected chi connectivity index (χ4v) is 5.02. The zero-order valence-electron chi connectivity index (χ0n) is 17.0. The van der Waals surface area contributed by atoms with Crippen LogP contribution in [-0.4, -0.2) is 60.7 Å². The van der Waals surface area contributed by atoms with Crippen molar-refractivity contribution in [2.24, 2.45) is 0 Å². The van der Waals surface area contributed by atoms with Gasteiger partial charge in [0.2, 0.25) is 0 Å². The smallest absolute Gasteiger partial charge is 0.194 e. The molecule has 1 aliphatic heterocycles. The zero-order chi connectivity index (χ0) is 24.6. The van der Waals surface area contributed by atoms with Crippen molar-refractivity contribution >= 4 is 23.4 Å². The Bertz CT molecular complexity index is 1230. The Morgan fingerprint density at radius 1 is 1.12 bits per heavy atom. The average molecular weight is 513 g/mol. The third-order valence-electron chi connectivity index (χ3n) is 5.20. The van der Waals surface area contributed by atoms with Crippen molar-refractivity contribution in [3.8, 4) is 17.3 Å². The summed E-state index contributed by atoms with van der Waals surface area (Å²) in [7, 11) is 0. The molecule has 0 aliphatic carbocycles. The Labute approximate surface area is 200 Å². The van der Waals surface area contributed by atoms with Gasteiger partial charge in [-0.15, -0.1) is 5.10 Å². The lowest BCUT2D eigenvalue weighted by Gasteiger charge is -2.41. The predicted octanol–water partition coefficient (Wildman–Crippen LogP) is 2.66. The van der Waals surface area contributed by atoms with Gasteiger partial charge in [0.25, 0.3) is 0 Å². The summed E-state index contributed by atoms with van der Waals surface area (Å²) in [4.78, 5) is 0.497. The molecular weight excluding hydrogens is 497 g/mol. The van der Waals surface area contributed by atoms with Crippen LogP contribution in [-0.2, 0) is 4.74 Å². The summed E-state index contributed by atoms with van der Waals surface area (Å²) >= 11 is 7.04. The van der Waals surface area contributed by atoms with E-state index in [0.29, 0.717) is 9.92 Å². The number of halogens is 4. The SMILES string of the molecule is N#Cc1cc(Cl)cc(SC2OC(CO)C(O)C(n3cc(-c4cc(F)c(F)c(F)c4)nn3)C2O)c1. The van der Waals surface area contributed by atoms with Gasteiger partial charge in [-0.25, -0.2) is 17.9 Å². The molecule has 178 valence electrons. The first-order valence-electron chi connectivity index (χ1n) is 9.78. The topological polar surface area (TPSA) is 124 Å². The minimum atomic E-state index is -1.63. The number of nitrogens with zero attached hydrogens (tertiary/aromatic N) is 4. The summed E-state index contributed by atoms with van der Waals surface area (Å²) in [6.07, 6.45) is -2.72. The molecule has 0 spiro atoms. The molecule has 0 saturated carbocycles. The normalized spacial score (nSPS) is 24.7. The maximum absolute atomic E-state index is 13.6. The number of nitriles is 1. The van der Waals surface area contributed by atoms with Crippen LogP contribution < -0.4 is 0 Å². The molecule has 1 fully saturated rings. The Balaban J connectivity index is 1.65. The molecule has 4 rings (SSSR count). The standard InChI is InChI=1S/C21H16ClF3N4O4S/c22-11-1-9(6-26)2-12(5-11)34-21-20(32)18(19(31)16(8-30)33-21)29-7-15(27-28-29)10-3-13(23)17(25)14(24)4-10/h1-5,7,16,18-21,30-32H,8H2. The fourth-order valence-electron chi connectivity index (χ4n) is 3.57. The highest BCUT2D eigenvalue weighted by Gasteiger charge is 2.46. The van der Waals surface area contributed by atoms with Crippen LogP contribution in [0.3, 0.4) is 0 Å². The molecule has 2 aromatic carbocycles. The van der Waals surface area contributed by atoms with E-state index < -0.39 is 53.8 Å². The Hall–Kier alpha value is -2.66. The largest absolute Gasteiger partial charge is 0.394 e. The Morgan fingerprint density at radius 3 is 2.47 bits per heavy atom. The van der Waals surface area contributed by atoms with Crippen LogP contribution in [0.1, 0.15) is 11.6 Å². The van der Waals surface area contributed by atoms with Crippen molar-refractivity contribution in [3.05, 3.63) is 64.6 Å². The highest BCUT2D eigenvalue weighted by Crippen LogP contribution is 2.39. The number of hydrogen-bond acceptors (Lipinski definition) is 8. The van der Waals surface area contributed by atoms with E-state index in [0.717, 1.165) is 28.6 Å². The van der Waals surface area contributed by atoms with Gasteiger partial charge in [-0.1, -0.05) is 28.6 Å². The molecule has 5 atom stereocenters. The molecule has 1 aliphatic rings. The monoisotopic (exact) mass is 512 g/mol. The predicted molar refractivity (Wildman–Crippen MR) is 114 cm³/mol. The second kappa shape index (κ2) is 9.91. The second-order valence-electron chi connectivity index (χ2n) is 7.44. The summed E-state index contributed by atoms with van der Waals surface area (Å²) < 4.78 is 47.3. The number of aliphatic hydroxyl groups is 3. The van der Waals surface area contributed by atoms with E-state index in [-0.39, 0.29) is 16.8 Å². The highest BCUT2D eigenvalue weighted by molar-refractivity contribution is 7.99. The van der Waals surface area contributed by atoms with Gasteiger partial charge in [0, 0.05) is 15.5 Å². The zero-order valence-corrected chi connectivity index (χ0v) is 18.6. The molecule has 1 saturated heterocycles. The minimum absolute atomic E-state index is 0.0399. The quantitative estimate of drug-likeness (QED) is 0.446. The highest BCUT2D eigenvalue weighted by atomic mass is 35.5. The molecular formula is C21H16ClF3N4O4S. The third-order valence-corrected chi connectivity index (χ3v) is 6.54. The van der Waals surface area contributed by atoms with Crippen LogP contribution in [0.2, 0.25) is 5.02 Å². The van der Waals surface area contributed by atoms with Crippen LogP contribution in [0.25, 0.3) is 11.3 Å². The summed E-state index contributed by atoms with van der Waals surface area (Å²) in [6.45, 7) is -0.587. The molecule has 2 heterocycles. The van der Waals surface area contributed by atoms with Gasteiger partial charge in [0.05, 0.1) is 24.4 Å². The maximum Gasteiger partial charge on any atom is 0.194 e. The lowest BCUT2D eigenvalue weighted by atomic mass is 9.97. The van der Waals surface area contributed by atoms with Crippen LogP contribution in [0.15, 0.2) is 41.4 Å². The first kappa shape index (κ1) is 24.5. The van der Waals surface area contributed by atoms with Crippen molar-refractivity contribution in [1.82, 2.24) is 15.0 Å². The van der Waals surface area contributed by atoms with Gasteiger partial charge in [-0.2, -0.15) is 5.26 Å². The van der Waals surface area contributed by atoms with Crippen LogP contribution in [0.5, 0.6) is 0 Å². The first-order valence-corrected chi connectivity index (χ1v) is 11.0. The van der Waals surface area contributed by atoms with Crippen molar-refractivity contribution in [2.45, 2.75) is 34.7 Å². The summed E-state index contributed by atoms with van der Waals surface area (Å²) in [5.41, 5.74) is -0.882. The summed E-state index contributed by atoms with van der Waals surface area (Å²) in [5, 5.41) is 48.5. The Kier molecular flexibility index (Phi) is 7.13. The van der Waals surface area contributed by atoms with Crippen LogP contribution >= 0.6 is 23.4 Å². The van der Waals surface area contributed by atoms with E-state index in [1.807, 2.05) is 6.07 Å². The fraction of sp³-hybridized carbons (Fsp3) is 0.286. The number of thioether (sulfide) groups is 1. The van der Waals surface area contributed by atoms with E-state index in [2.05, 4.69) is 10.3 Å². The molecule has 13 heteroatoms. The van der Waals surface area contributed by atoms with Gasteiger partial charge in [0.15, 0.2) is 17.5 Å². The minimum Gasteiger partial charge on any atom is -0.394 e.